The van der Waals surface area contributed by atoms with E-state index >= 15 is 0 Å². The number of hydrogen-bond acceptors (Lipinski definition) is 6. The van der Waals surface area contributed by atoms with Crippen LogP contribution in [-0.4, -0.2) is 37.2 Å². The molecule has 0 amide bonds. The Labute approximate surface area is 290 Å². The molecule has 0 aromatic rings. The number of carbonyl (C=O) groups is 3. The second kappa shape index (κ2) is 37.0. The van der Waals surface area contributed by atoms with Gasteiger partial charge in [-0.25, -0.2) is 0 Å². The number of unbranched alkanes of at least 4 members (excludes halogenated alkanes) is 23. The minimum atomic E-state index is -0.762. The van der Waals surface area contributed by atoms with Gasteiger partial charge in [-0.15, -0.1) is 0 Å². The Balaban J connectivity index is 4.26. The molecule has 0 saturated carbocycles. The molecular weight excluding hydrogens is 588 g/mol. The highest BCUT2D eigenvalue weighted by Gasteiger charge is 2.19. The maximum atomic E-state index is 12.6. The van der Waals surface area contributed by atoms with Crippen molar-refractivity contribution in [1.82, 2.24) is 0 Å². The van der Waals surface area contributed by atoms with Crippen LogP contribution in [0.25, 0.3) is 0 Å². The number of hydrogen-bond donors (Lipinski definition) is 0. The molecule has 0 aromatic heterocycles. The SMILES string of the molecule is CCCC/C=C\CCCCCCCC(=O)OC(COC(=O)CCCCCCC)COC(=O)CCCCCCCCCCCCCCC. The average Bonchev–Trinajstić information content (AvgIpc) is 3.06. The lowest BCUT2D eigenvalue weighted by molar-refractivity contribution is -0.167. The summed E-state index contributed by atoms with van der Waals surface area (Å²) >= 11 is 0. The molecule has 0 aliphatic heterocycles. The lowest BCUT2D eigenvalue weighted by Gasteiger charge is -2.18. The molecule has 0 spiro atoms. The molecule has 6 nitrogen and oxygen atoms in total. The van der Waals surface area contributed by atoms with Gasteiger partial charge in [-0.2, -0.15) is 0 Å². The van der Waals surface area contributed by atoms with Gasteiger partial charge in [-0.1, -0.05) is 168 Å². The molecule has 0 fully saturated rings. The zero-order chi connectivity index (χ0) is 34.5. The summed E-state index contributed by atoms with van der Waals surface area (Å²) in [7, 11) is 0. The summed E-state index contributed by atoms with van der Waals surface area (Å²) in [4.78, 5) is 37.2. The first-order chi connectivity index (χ1) is 23.0. The minimum absolute atomic E-state index is 0.0709. The summed E-state index contributed by atoms with van der Waals surface area (Å²) < 4.78 is 16.5. The lowest BCUT2D eigenvalue weighted by atomic mass is 10.0. The Hall–Kier alpha value is -1.85. The largest absolute Gasteiger partial charge is 0.462 e. The zero-order valence-electron chi connectivity index (χ0n) is 31.3. The molecule has 0 heterocycles. The van der Waals surface area contributed by atoms with Crippen LogP contribution >= 0.6 is 0 Å². The Morgan fingerprint density at radius 2 is 0.723 bits per heavy atom. The summed E-state index contributed by atoms with van der Waals surface area (Å²) in [6.45, 7) is 6.50. The van der Waals surface area contributed by atoms with Crippen molar-refractivity contribution in [2.24, 2.45) is 0 Å². The van der Waals surface area contributed by atoms with Crippen LogP contribution in [0.5, 0.6) is 0 Å². The van der Waals surface area contributed by atoms with Crippen LogP contribution in [0, 0.1) is 0 Å². The van der Waals surface area contributed by atoms with E-state index in [9.17, 15) is 14.4 Å². The standard InChI is InChI=1S/C41H76O6/c1-4-7-10-13-15-17-19-20-22-23-25-28-31-34-40(43)46-37-38(36-45-39(42)33-30-27-12-9-6-3)47-41(44)35-32-29-26-24-21-18-16-14-11-8-5-2/h14,16,38H,4-13,15,17-37H2,1-3H3/b16-14-. The first kappa shape index (κ1) is 45.2. The molecule has 0 rings (SSSR count). The fraction of sp³-hybridized carbons (Fsp3) is 0.878. The van der Waals surface area contributed by atoms with Crippen LogP contribution in [0.1, 0.15) is 213 Å². The van der Waals surface area contributed by atoms with Crippen LogP contribution in [0.3, 0.4) is 0 Å². The van der Waals surface area contributed by atoms with Crippen LogP contribution in [0.2, 0.25) is 0 Å². The molecule has 6 heteroatoms. The molecule has 0 aliphatic rings. The van der Waals surface area contributed by atoms with Gasteiger partial charge in [0, 0.05) is 19.3 Å². The molecule has 47 heavy (non-hydrogen) atoms. The smallest absolute Gasteiger partial charge is 0.306 e. The van der Waals surface area contributed by atoms with E-state index in [1.807, 2.05) is 0 Å². The molecule has 0 aliphatic carbocycles. The van der Waals surface area contributed by atoms with Crippen molar-refractivity contribution in [3.63, 3.8) is 0 Å². The molecule has 0 bridgehead atoms. The van der Waals surface area contributed by atoms with Crippen LogP contribution < -0.4 is 0 Å². The van der Waals surface area contributed by atoms with Gasteiger partial charge in [0.05, 0.1) is 0 Å². The fourth-order valence-electron chi connectivity index (χ4n) is 5.66. The van der Waals surface area contributed by atoms with Gasteiger partial charge in [-0.3, -0.25) is 14.4 Å². The van der Waals surface area contributed by atoms with E-state index in [1.54, 1.807) is 0 Å². The Morgan fingerprint density at radius 3 is 1.13 bits per heavy atom. The normalized spacial score (nSPS) is 12.0. The van der Waals surface area contributed by atoms with Crippen molar-refractivity contribution >= 4 is 17.9 Å². The molecule has 0 N–H and O–H groups in total. The highest BCUT2D eigenvalue weighted by atomic mass is 16.6. The van der Waals surface area contributed by atoms with E-state index in [2.05, 4.69) is 32.9 Å². The summed E-state index contributed by atoms with van der Waals surface area (Å²) in [5.74, 6) is -0.894. The highest BCUT2D eigenvalue weighted by molar-refractivity contribution is 5.71. The van der Waals surface area contributed by atoms with Crippen molar-refractivity contribution in [2.75, 3.05) is 13.2 Å². The van der Waals surface area contributed by atoms with Crippen molar-refractivity contribution in [3.8, 4) is 0 Å². The van der Waals surface area contributed by atoms with Crippen molar-refractivity contribution in [2.45, 2.75) is 219 Å². The maximum Gasteiger partial charge on any atom is 0.306 e. The average molecular weight is 665 g/mol. The summed E-state index contributed by atoms with van der Waals surface area (Å²) in [5.41, 5.74) is 0. The molecule has 0 saturated heterocycles. The summed E-state index contributed by atoms with van der Waals surface area (Å²) in [6, 6.07) is 0. The highest BCUT2D eigenvalue weighted by Crippen LogP contribution is 2.14. The summed E-state index contributed by atoms with van der Waals surface area (Å²) in [5, 5.41) is 0. The van der Waals surface area contributed by atoms with E-state index in [0.29, 0.717) is 19.3 Å². The van der Waals surface area contributed by atoms with E-state index < -0.39 is 6.10 Å². The first-order valence-corrected chi connectivity index (χ1v) is 20.2. The Morgan fingerprint density at radius 1 is 0.404 bits per heavy atom. The van der Waals surface area contributed by atoms with Gasteiger partial charge in [0.25, 0.3) is 0 Å². The zero-order valence-corrected chi connectivity index (χ0v) is 31.3. The fourth-order valence-corrected chi connectivity index (χ4v) is 5.66. The van der Waals surface area contributed by atoms with Crippen molar-refractivity contribution in [3.05, 3.63) is 12.2 Å². The Bertz CT molecular complexity index is 733. The van der Waals surface area contributed by atoms with Crippen LogP contribution in [0.4, 0.5) is 0 Å². The third-order valence-electron chi connectivity index (χ3n) is 8.77. The van der Waals surface area contributed by atoms with E-state index in [1.165, 1.54) is 103 Å². The summed E-state index contributed by atoms with van der Waals surface area (Å²) in [6.07, 6.45) is 36.5. The number of esters is 3. The predicted molar refractivity (Wildman–Crippen MR) is 196 cm³/mol. The second-order valence-electron chi connectivity index (χ2n) is 13.6. The van der Waals surface area contributed by atoms with Gasteiger partial charge in [-0.05, 0) is 38.5 Å². The molecule has 0 aromatic carbocycles. The molecule has 1 unspecified atom stereocenters. The lowest BCUT2D eigenvalue weighted by Crippen LogP contribution is -2.30. The predicted octanol–water partition coefficient (Wildman–Crippen LogP) is 12.3. The van der Waals surface area contributed by atoms with Gasteiger partial charge >= 0.3 is 17.9 Å². The number of allylic oxidation sites excluding steroid dienone is 2. The Kier molecular flexibility index (Phi) is 35.5. The van der Waals surface area contributed by atoms with E-state index in [-0.39, 0.29) is 31.1 Å². The van der Waals surface area contributed by atoms with E-state index in [4.69, 9.17) is 14.2 Å². The number of carbonyl (C=O) groups excluding carboxylic acids is 3. The first-order valence-electron chi connectivity index (χ1n) is 20.2. The van der Waals surface area contributed by atoms with Crippen molar-refractivity contribution in [1.29, 1.82) is 0 Å². The minimum Gasteiger partial charge on any atom is -0.462 e. The molecular formula is C41H76O6. The maximum absolute atomic E-state index is 12.6. The van der Waals surface area contributed by atoms with Gasteiger partial charge in [0.1, 0.15) is 13.2 Å². The monoisotopic (exact) mass is 665 g/mol. The number of rotatable bonds is 36. The van der Waals surface area contributed by atoms with E-state index in [0.717, 1.165) is 70.6 Å². The second-order valence-corrected chi connectivity index (χ2v) is 13.6. The topological polar surface area (TPSA) is 78.9 Å². The molecule has 0 radical (unpaired) electrons. The van der Waals surface area contributed by atoms with Gasteiger partial charge in [0.2, 0.25) is 0 Å². The third-order valence-corrected chi connectivity index (χ3v) is 8.77. The molecule has 276 valence electrons. The van der Waals surface area contributed by atoms with Crippen LogP contribution in [0.15, 0.2) is 12.2 Å². The third kappa shape index (κ3) is 35.3. The van der Waals surface area contributed by atoms with Crippen LogP contribution in [-0.2, 0) is 28.6 Å². The van der Waals surface area contributed by atoms with Gasteiger partial charge in [0.15, 0.2) is 6.10 Å². The molecule has 1 atom stereocenters. The van der Waals surface area contributed by atoms with Gasteiger partial charge < -0.3 is 14.2 Å². The quantitative estimate of drug-likeness (QED) is 0.0287. The number of ether oxygens (including phenoxy) is 3. The van der Waals surface area contributed by atoms with Crippen molar-refractivity contribution < 1.29 is 28.6 Å².